The van der Waals surface area contributed by atoms with E-state index in [0.29, 0.717) is 30.1 Å². The summed E-state index contributed by atoms with van der Waals surface area (Å²) in [6.45, 7) is 2.48. The molecule has 1 fully saturated rings. The summed E-state index contributed by atoms with van der Waals surface area (Å²) in [6.07, 6.45) is 5.32. The van der Waals surface area contributed by atoms with E-state index in [0.717, 1.165) is 30.5 Å². The predicted octanol–water partition coefficient (Wildman–Crippen LogP) is 2.15. The molecule has 1 unspecified atom stereocenters. The Kier molecular flexibility index (Phi) is 6.22. The molecular weight excluding hydrogens is 352 g/mol. The maximum absolute atomic E-state index is 12.5. The maximum Gasteiger partial charge on any atom is 0.278 e. The number of aromatic nitrogens is 2. The Labute approximate surface area is 166 Å². The first-order chi connectivity index (χ1) is 13.5. The molecule has 2 heterocycles. The number of likely N-dealkylation sites (tertiary alicyclic amines) is 1. The van der Waals surface area contributed by atoms with Crippen LogP contribution in [0.3, 0.4) is 0 Å². The summed E-state index contributed by atoms with van der Waals surface area (Å²) in [4.78, 5) is 23.0. The first-order valence-corrected chi connectivity index (χ1v) is 9.61. The van der Waals surface area contributed by atoms with Gasteiger partial charge in [-0.3, -0.25) is 4.79 Å². The Hall–Kier alpha value is -2.98. The van der Waals surface area contributed by atoms with Crippen LogP contribution in [0.2, 0.25) is 0 Å². The van der Waals surface area contributed by atoms with Crippen LogP contribution in [0.1, 0.15) is 12.8 Å². The Morgan fingerprint density at radius 1 is 1.25 bits per heavy atom. The van der Waals surface area contributed by atoms with Crippen molar-refractivity contribution in [3.05, 3.63) is 42.7 Å². The number of carbonyl (C=O) groups excluding carboxylic acids is 1. The van der Waals surface area contributed by atoms with E-state index in [2.05, 4.69) is 21.4 Å². The van der Waals surface area contributed by atoms with Gasteiger partial charge in [-0.25, -0.2) is 9.97 Å². The molecule has 0 aliphatic carbocycles. The minimum Gasteiger partial charge on any atom is -0.349 e. The van der Waals surface area contributed by atoms with Crippen LogP contribution in [0.15, 0.2) is 42.7 Å². The van der Waals surface area contributed by atoms with E-state index >= 15 is 0 Å². The van der Waals surface area contributed by atoms with Crippen LogP contribution in [0.4, 0.5) is 5.95 Å². The second-order valence-corrected chi connectivity index (χ2v) is 7.78. The van der Waals surface area contributed by atoms with E-state index in [1.54, 1.807) is 4.90 Å². The monoisotopic (exact) mass is 379 g/mol. The zero-order valence-electron chi connectivity index (χ0n) is 16.5. The molecule has 0 spiro atoms. The number of benzene rings is 1. The van der Waals surface area contributed by atoms with Crippen molar-refractivity contribution in [1.29, 1.82) is 5.26 Å². The number of nitrogens with zero attached hydrogens (tertiary/aromatic N) is 5. The summed E-state index contributed by atoms with van der Waals surface area (Å²) >= 11 is 0. The van der Waals surface area contributed by atoms with Gasteiger partial charge in [0.25, 0.3) is 5.91 Å². The Morgan fingerprint density at radius 2 is 1.96 bits per heavy atom. The number of carbonyl (C=O) groups is 1. The van der Waals surface area contributed by atoms with Gasteiger partial charge in [0.1, 0.15) is 6.04 Å². The van der Waals surface area contributed by atoms with E-state index in [9.17, 15) is 10.1 Å². The van der Waals surface area contributed by atoms with Crippen LogP contribution in [0, 0.1) is 11.3 Å². The number of amides is 1. The van der Waals surface area contributed by atoms with Crippen molar-refractivity contribution in [3.63, 3.8) is 0 Å². The van der Waals surface area contributed by atoms with Gasteiger partial charge in [-0.2, -0.15) is 5.26 Å². The van der Waals surface area contributed by atoms with Crippen LogP contribution >= 0.6 is 0 Å². The van der Waals surface area contributed by atoms with Gasteiger partial charge in [0.15, 0.2) is 6.54 Å². The first-order valence-electron chi connectivity index (χ1n) is 9.61. The molecule has 1 aromatic heterocycles. The summed E-state index contributed by atoms with van der Waals surface area (Å²) in [5.41, 5.74) is 2.06. The number of quaternary nitrogens is 1. The van der Waals surface area contributed by atoms with E-state index in [-0.39, 0.29) is 11.9 Å². The van der Waals surface area contributed by atoms with Crippen molar-refractivity contribution in [3.8, 4) is 17.2 Å². The number of nitrogens with one attached hydrogen (secondary N) is 1. The molecule has 0 bridgehead atoms. The van der Waals surface area contributed by atoms with Crippen molar-refractivity contribution in [2.45, 2.75) is 18.9 Å². The molecule has 1 atom stereocenters. The topological polar surface area (TPSA) is 81.9 Å². The van der Waals surface area contributed by atoms with Gasteiger partial charge in [-0.05, 0) is 18.4 Å². The van der Waals surface area contributed by atoms with E-state index < -0.39 is 0 Å². The molecule has 0 saturated carbocycles. The largest absolute Gasteiger partial charge is 0.349 e. The first kappa shape index (κ1) is 19.8. The molecule has 1 aliphatic heterocycles. The van der Waals surface area contributed by atoms with Gasteiger partial charge >= 0.3 is 0 Å². The molecule has 1 N–H and O–H groups in total. The van der Waals surface area contributed by atoms with Gasteiger partial charge in [0.05, 0.1) is 33.3 Å². The number of anilines is 1. The normalized spacial score (nSPS) is 16.6. The number of rotatable bonds is 7. The van der Waals surface area contributed by atoms with Gasteiger partial charge in [-0.15, -0.1) is 0 Å². The lowest BCUT2D eigenvalue weighted by Crippen LogP contribution is -2.51. The summed E-state index contributed by atoms with van der Waals surface area (Å²) < 4.78 is 0.544. The van der Waals surface area contributed by atoms with E-state index in [1.165, 1.54) is 0 Å². The third kappa shape index (κ3) is 5.05. The highest BCUT2D eigenvalue weighted by Gasteiger charge is 2.32. The quantitative estimate of drug-likeness (QED) is 0.746. The van der Waals surface area contributed by atoms with Crippen molar-refractivity contribution in [1.82, 2.24) is 14.9 Å². The Bertz CT molecular complexity index is 828. The number of hydrogen-bond donors (Lipinski definition) is 1. The second-order valence-electron chi connectivity index (χ2n) is 7.78. The van der Waals surface area contributed by atoms with Gasteiger partial charge in [0, 0.05) is 24.5 Å². The van der Waals surface area contributed by atoms with Crippen LogP contribution in [0.5, 0.6) is 0 Å². The van der Waals surface area contributed by atoms with E-state index in [1.807, 2.05) is 56.8 Å². The molecular formula is C21H27N6O+. The smallest absolute Gasteiger partial charge is 0.278 e. The zero-order valence-corrected chi connectivity index (χ0v) is 16.5. The molecule has 28 heavy (non-hydrogen) atoms. The molecule has 1 aliphatic rings. The van der Waals surface area contributed by atoms with Gasteiger partial charge in [-0.1, -0.05) is 30.3 Å². The molecule has 7 nitrogen and oxygen atoms in total. The minimum absolute atomic E-state index is 0.0533. The third-order valence-electron chi connectivity index (χ3n) is 5.04. The zero-order chi connectivity index (χ0) is 20.0. The fraction of sp³-hybridized carbons (Fsp3) is 0.429. The van der Waals surface area contributed by atoms with Gasteiger partial charge < -0.3 is 14.7 Å². The number of hydrogen-bond acceptors (Lipinski definition) is 5. The molecule has 3 rings (SSSR count). The van der Waals surface area contributed by atoms with Gasteiger partial charge in [0.2, 0.25) is 5.95 Å². The summed E-state index contributed by atoms with van der Waals surface area (Å²) in [7, 11) is 4.05. The lowest BCUT2D eigenvalue weighted by Gasteiger charge is -2.31. The minimum atomic E-state index is -0.262. The van der Waals surface area contributed by atoms with Crippen molar-refractivity contribution in [2.24, 2.45) is 0 Å². The lowest BCUT2D eigenvalue weighted by atomic mass is 10.1. The summed E-state index contributed by atoms with van der Waals surface area (Å²) in [5.74, 6) is 0.632. The van der Waals surface area contributed by atoms with Crippen molar-refractivity contribution >= 4 is 11.9 Å². The SMILES string of the molecule is C[N+](C)(CCNc1ncc(-c2ccccc2)cn1)CC(=O)N1CCCC1C#N. The van der Waals surface area contributed by atoms with E-state index in [4.69, 9.17) is 0 Å². The van der Waals surface area contributed by atoms with Crippen LogP contribution in [0.25, 0.3) is 11.1 Å². The van der Waals surface area contributed by atoms with Crippen LogP contribution < -0.4 is 5.32 Å². The van der Waals surface area contributed by atoms with Crippen LogP contribution in [-0.2, 0) is 4.79 Å². The molecule has 1 saturated heterocycles. The second kappa shape index (κ2) is 8.81. The highest BCUT2D eigenvalue weighted by Crippen LogP contribution is 2.18. The molecule has 1 amide bonds. The third-order valence-corrected chi connectivity index (χ3v) is 5.04. The van der Waals surface area contributed by atoms with Crippen molar-refractivity contribution in [2.75, 3.05) is 45.6 Å². The highest BCUT2D eigenvalue weighted by molar-refractivity contribution is 5.78. The van der Waals surface area contributed by atoms with Crippen LogP contribution in [-0.4, -0.2) is 71.6 Å². The molecule has 7 heteroatoms. The molecule has 146 valence electrons. The highest BCUT2D eigenvalue weighted by atomic mass is 16.2. The number of likely N-dealkylation sites (N-methyl/N-ethyl adjacent to an activating group) is 1. The predicted molar refractivity (Wildman–Crippen MR) is 108 cm³/mol. The Balaban J connectivity index is 1.48. The fourth-order valence-corrected chi connectivity index (χ4v) is 3.40. The van der Waals surface area contributed by atoms with Crippen molar-refractivity contribution < 1.29 is 9.28 Å². The molecule has 1 aromatic carbocycles. The molecule has 0 radical (unpaired) electrons. The number of nitriles is 1. The summed E-state index contributed by atoms with van der Waals surface area (Å²) in [6, 6.07) is 12.0. The average molecular weight is 379 g/mol. The fourth-order valence-electron chi connectivity index (χ4n) is 3.40. The lowest BCUT2D eigenvalue weighted by molar-refractivity contribution is -0.881. The maximum atomic E-state index is 12.5. The Morgan fingerprint density at radius 3 is 2.64 bits per heavy atom. The molecule has 2 aromatic rings. The standard InChI is InChI=1S/C21H27N6O/c1-27(2,16-20(28)26-11-6-9-19(26)13-22)12-10-23-21-24-14-18(15-25-21)17-7-4-3-5-8-17/h3-5,7-8,14-15,19H,6,9-12,16H2,1-2H3,(H,23,24,25)/q+1. The summed E-state index contributed by atoms with van der Waals surface area (Å²) in [5, 5.41) is 12.4. The average Bonchev–Trinajstić information content (AvgIpc) is 3.18.